The molecule has 0 atom stereocenters. The molecule has 0 radical (unpaired) electrons. The van der Waals surface area contributed by atoms with Crippen LogP contribution < -0.4 is 15.0 Å². The summed E-state index contributed by atoms with van der Waals surface area (Å²) in [5, 5.41) is 12.7. The number of hydrogen-bond acceptors (Lipinski definition) is 4. The molecule has 0 aromatic heterocycles. The molecule has 0 saturated carbocycles. The molecule has 1 aromatic rings. The molecular weight excluding hydrogens is 240 g/mol. The number of fused-ring (bicyclic) bond motifs is 2. The van der Waals surface area contributed by atoms with Gasteiger partial charge in [0.2, 0.25) is 0 Å². The Hall–Kier alpha value is -1.26. The van der Waals surface area contributed by atoms with Crippen LogP contribution in [0.2, 0.25) is 0 Å². The molecule has 0 unspecified atom stereocenters. The van der Waals surface area contributed by atoms with Crippen LogP contribution in [0.15, 0.2) is 6.07 Å². The highest BCUT2D eigenvalue weighted by atomic mass is 16.5. The summed E-state index contributed by atoms with van der Waals surface area (Å²) in [5.74, 6) is 0.998. The van der Waals surface area contributed by atoms with Crippen molar-refractivity contribution in [3.63, 3.8) is 0 Å². The average Bonchev–Trinajstić information content (AvgIpc) is 2.65. The lowest BCUT2D eigenvalue weighted by Gasteiger charge is -2.33. The van der Waals surface area contributed by atoms with Crippen LogP contribution in [-0.4, -0.2) is 44.5 Å². The van der Waals surface area contributed by atoms with Crippen molar-refractivity contribution in [2.24, 2.45) is 0 Å². The van der Waals surface area contributed by atoms with Gasteiger partial charge in [0.25, 0.3) is 0 Å². The van der Waals surface area contributed by atoms with E-state index in [4.69, 9.17) is 4.74 Å². The minimum atomic E-state index is 0.192. The molecule has 0 spiro atoms. The van der Waals surface area contributed by atoms with Gasteiger partial charge in [-0.05, 0) is 55.6 Å². The lowest BCUT2D eigenvalue weighted by Crippen LogP contribution is -2.35. The molecule has 2 heterocycles. The van der Waals surface area contributed by atoms with Crippen molar-refractivity contribution >= 4 is 5.69 Å². The van der Waals surface area contributed by atoms with Crippen molar-refractivity contribution in [2.45, 2.75) is 19.8 Å². The summed E-state index contributed by atoms with van der Waals surface area (Å²) in [7, 11) is 0. The van der Waals surface area contributed by atoms with Gasteiger partial charge < -0.3 is 20.1 Å². The monoisotopic (exact) mass is 262 g/mol. The summed E-state index contributed by atoms with van der Waals surface area (Å²) >= 11 is 0. The zero-order valence-corrected chi connectivity index (χ0v) is 11.5. The van der Waals surface area contributed by atoms with Crippen molar-refractivity contribution in [2.75, 3.05) is 44.3 Å². The van der Waals surface area contributed by atoms with E-state index < -0.39 is 0 Å². The van der Waals surface area contributed by atoms with E-state index in [1.165, 1.54) is 22.4 Å². The van der Waals surface area contributed by atoms with Crippen LogP contribution >= 0.6 is 0 Å². The van der Waals surface area contributed by atoms with E-state index in [0.29, 0.717) is 13.2 Å². The molecule has 0 fully saturated rings. The Balaban J connectivity index is 2.07. The van der Waals surface area contributed by atoms with Crippen LogP contribution in [0.1, 0.15) is 16.7 Å². The molecule has 3 rings (SSSR count). The SMILES string of the molecule is Cc1c2c(cc3c1N(CCO)CCO3)CCNCC2. The van der Waals surface area contributed by atoms with Crippen LogP contribution in [0.3, 0.4) is 0 Å². The predicted molar refractivity (Wildman–Crippen MR) is 76.3 cm³/mol. The van der Waals surface area contributed by atoms with Gasteiger partial charge in [-0.15, -0.1) is 0 Å². The van der Waals surface area contributed by atoms with Gasteiger partial charge in [0, 0.05) is 6.54 Å². The average molecular weight is 262 g/mol. The summed E-state index contributed by atoms with van der Waals surface area (Å²) in [5.41, 5.74) is 5.43. The first kappa shape index (κ1) is 12.8. The van der Waals surface area contributed by atoms with E-state index in [-0.39, 0.29) is 6.61 Å². The summed E-state index contributed by atoms with van der Waals surface area (Å²) in [6.07, 6.45) is 2.16. The minimum absolute atomic E-state index is 0.192. The maximum atomic E-state index is 9.23. The molecule has 0 bridgehead atoms. The summed E-state index contributed by atoms with van der Waals surface area (Å²) in [6, 6.07) is 2.22. The molecule has 4 nitrogen and oxygen atoms in total. The van der Waals surface area contributed by atoms with E-state index in [9.17, 15) is 5.11 Å². The number of nitrogens with one attached hydrogen (secondary N) is 1. The molecule has 104 valence electrons. The molecular formula is C15H22N2O2. The van der Waals surface area contributed by atoms with Crippen molar-refractivity contribution in [1.29, 1.82) is 0 Å². The summed E-state index contributed by atoms with van der Waals surface area (Å²) in [4.78, 5) is 2.26. The Kier molecular flexibility index (Phi) is 3.62. The number of aliphatic hydroxyl groups is 1. The van der Waals surface area contributed by atoms with Gasteiger partial charge in [0.05, 0.1) is 18.8 Å². The van der Waals surface area contributed by atoms with Crippen LogP contribution in [0, 0.1) is 6.92 Å². The maximum Gasteiger partial charge on any atom is 0.143 e. The Morgan fingerprint density at radius 2 is 2.21 bits per heavy atom. The third kappa shape index (κ3) is 2.30. The fourth-order valence-corrected chi connectivity index (χ4v) is 3.24. The minimum Gasteiger partial charge on any atom is -0.490 e. The highest BCUT2D eigenvalue weighted by Crippen LogP contribution is 2.39. The molecule has 2 aliphatic rings. The Morgan fingerprint density at radius 1 is 1.37 bits per heavy atom. The normalized spacial score (nSPS) is 18.3. The first-order valence-electron chi connectivity index (χ1n) is 7.16. The Bertz CT molecular complexity index is 474. The van der Waals surface area contributed by atoms with Crippen molar-refractivity contribution in [1.82, 2.24) is 5.32 Å². The number of anilines is 1. The van der Waals surface area contributed by atoms with Crippen LogP contribution in [0.25, 0.3) is 0 Å². The van der Waals surface area contributed by atoms with Gasteiger partial charge in [-0.3, -0.25) is 0 Å². The number of ether oxygens (including phenoxy) is 1. The van der Waals surface area contributed by atoms with Gasteiger partial charge in [0.15, 0.2) is 0 Å². The van der Waals surface area contributed by atoms with E-state index in [2.05, 4.69) is 23.2 Å². The standard InChI is InChI=1S/C15H22N2O2/c1-11-13-3-5-16-4-2-12(13)10-14-15(11)17(6-8-18)7-9-19-14/h10,16,18H,2-9H2,1H3. The molecule has 1 aromatic carbocycles. The smallest absolute Gasteiger partial charge is 0.143 e. The van der Waals surface area contributed by atoms with Gasteiger partial charge in [-0.1, -0.05) is 0 Å². The maximum absolute atomic E-state index is 9.23. The quantitative estimate of drug-likeness (QED) is 0.830. The van der Waals surface area contributed by atoms with Crippen molar-refractivity contribution in [3.8, 4) is 5.75 Å². The van der Waals surface area contributed by atoms with Crippen LogP contribution in [-0.2, 0) is 12.8 Å². The fourth-order valence-electron chi connectivity index (χ4n) is 3.24. The van der Waals surface area contributed by atoms with Crippen molar-refractivity contribution in [3.05, 3.63) is 22.8 Å². The zero-order chi connectivity index (χ0) is 13.2. The fraction of sp³-hybridized carbons (Fsp3) is 0.600. The largest absolute Gasteiger partial charge is 0.490 e. The third-order valence-electron chi connectivity index (χ3n) is 4.16. The second-order valence-electron chi connectivity index (χ2n) is 5.30. The molecule has 2 aliphatic heterocycles. The van der Waals surface area contributed by atoms with Gasteiger partial charge in [-0.2, -0.15) is 0 Å². The predicted octanol–water partition coefficient (Wildman–Crippen LogP) is 0.874. The molecule has 19 heavy (non-hydrogen) atoms. The van der Waals surface area contributed by atoms with Crippen molar-refractivity contribution < 1.29 is 9.84 Å². The lowest BCUT2D eigenvalue weighted by atomic mass is 9.94. The third-order valence-corrected chi connectivity index (χ3v) is 4.16. The number of nitrogens with zero attached hydrogens (tertiary/aromatic N) is 1. The highest BCUT2D eigenvalue weighted by Gasteiger charge is 2.24. The topological polar surface area (TPSA) is 44.7 Å². The van der Waals surface area contributed by atoms with Crippen LogP contribution in [0.5, 0.6) is 5.75 Å². The zero-order valence-electron chi connectivity index (χ0n) is 11.5. The highest BCUT2D eigenvalue weighted by molar-refractivity contribution is 5.69. The second-order valence-corrected chi connectivity index (χ2v) is 5.30. The lowest BCUT2D eigenvalue weighted by molar-refractivity contribution is 0.277. The summed E-state index contributed by atoms with van der Waals surface area (Å²) < 4.78 is 5.84. The molecule has 4 heteroatoms. The molecule has 0 saturated heterocycles. The van der Waals surface area contributed by atoms with E-state index >= 15 is 0 Å². The summed E-state index contributed by atoms with van der Waals surface area (Å²) in [6.45, 7) is 6.75. The number of rotatable bonds is 2. The second kappa shape index (κ2) is 5.39. The first-order valence-corrected chi connectivity index (χ1v) is 7.16. The Labute approximate surface area is 114 Å². The van der Waals surface area contributed by atoms with E-state index in [1.54, 1.807) is 0 Å². The number of β-amino-alcohol motifs (C(OH)–C–C–N with tert-alkyl or cyclic N) is 1. The Morgan fingerprint density at radius 3 is 3.05 bits per heavy atom. The number of benzene rings is 1. The molecule has 2 N–H and O–H groups in total. The van der Waals surface area contributed by atoms with Gasteiger partial charge >= 0.3 is 0 Å². The number of aliphatic hydroxyl groups excluding tert-OH is 1. The van der Waals surface area contributed by atoms with Gasteiger partial charge in [-0.25, -0.2) is 0 Å². The molecule has 0 amide bonds. The number of hydrogen-bond donors (Lipinski definition) is 2. The van der Waals surface area contributed by atoms with Crippen LogP contribution in [0.4, 0.5) is 5.69 Å². The van der Waals surface area contributed by atoms with E-state index in [0.717, 1.165) is 38.2 Å². The molecule has 0 aliphatic carbocycles. The van der Waals surface area contributed by atoms with E-state index in [1.807, 2.05) is 0 Å². The first-order chi connectivity index (χ1) is 9.31. The van der Waals surface area contributed by atoms with Gasteiger partial charge in [0.1, 0.15) is 12.4 Å².